The molecule has 0 N–H and O–H groups in total. The van der Waals surface area contributed by atoms with Crippen LogP contribution in [0.5, 0.6) is 0 Å². The monoisotopic (exact) mass is 2150 g/mol. The van der Waals surface area contributed by atoms with Crippen LogP contribution in [0.3, 0.4) is 0 Å². The lowest BCUT2D eigenvalue weighted by Gasteiger charge is -2.47. The van der Waals surface area contributed by atoms with Crippen LogP contribution >= 0.6 is 31.9 Å². The van der Waals surface area contributed by atoms with Crippen molar-refractivity contribution in [1.82, 2.24) is 0 Å². The van der Waals surface area contributed by atoms with Crippen LogP contribution in [0.4, 0.5) is 0 Å². The molecule has 16 fully saturated rings. The lowest BCUT2D eigenvalue weighted by Crippen LogP contribution is -2.61. The predicted octanol–water partition coefficient (Wildman–Crippen LogP) is 21.7. The zero-order chi connectivity index (χ0) is 101. The van der Waals surface area contributed by atoms with Crippen LogP contribution in [0.25, 0.3) is 0 Å². The van der Waals surface area contributed by atoms with Crippen molar-refractivity contribution >= 4 is 86.6 Å². The largest absolute Gasteiger partial charge is 0.417 e. The maximum absolute atomic E-state index is 14.5. The molecule has 0 aliphatic carbocycles. The van der Waals surface area contributed by atoms with E-state index in [9.17, 15) is 31.2 Å². The molecule has 16 saturated heterocycles. The maximum Gasteiger partial charge on any atom is 0.297 e. The van der Waals surface area contributed by atoms with Gasteiger partial charge < -0.3 is 80.0 Å². The van der Waals surface area contributed by atoms with Crippen LogP contribution in [-0.2, 0) is 118 Å². The molecule has 0 saturated carbocycles. The van der Waals surface area contributed by atoms with Crippen molar-refractivity contribution in [3.05, 3.63) is 106 Å². The number of benzene rings is 2. The van der Waals surface area contributed by atoms with Gasteiger partial charge in [0.05, 0.1) is 107 Å². The normalized spacial score (nSPS) is 38.1. The first kappa shape index (κ1) is 111. The number of carbonyl (C=O) groups is 3. The number of Topliss-reactive ketones (excluding diaryl/α,β-unsaturated/α-hetero) is 2. The van der Waals surface area contributed by atoms with Gasteiger partial charge in [-0.1, -0.05) is 196 Å². The molecule has 16 aliphatic rings. The van der Waals surface area contributed by atoms with E-state index in [4.69, 9.17) is 83.5 Å². The van der Waals surface area contributed by atoms with E-state index in [1.165, 1.54) is 0 Å². The average Bonchev–Trinajstić information content (AvgIpc) is 1.55. The quantitative estimate of drug-likeness (QED) is 0.0258. The van der Waals surface area contributed by atoms with Gasteiger partial charge in [0.15, 0.2) is 28.2 Å². The van der Waals surface area contributed by atoms with Crippen molar-refractivity contribution < 1.29 is 115 Å². The van der Waals surface area contributed by atoms with Gasteiger partial charge in [-0.05, 0) is 219 Å². The minimum atomic E-state index is -4.06. The number of halogens is 2. The SMILES string of the molecule is C=C(Br)C[C@@H](CC[C@@]12C[C@H]3O[C@H]4C(O1)[C@H]1O[C@@H](CC(=O)CC5C(C[C@H]6O[C@@H](CCC=O)C[C@@H](C)C6=C)O[C@H](C[C@H](C)CO[Si](C)(C)C(C)(C)C)[C@@H]5C)CC[C@@H]1O[C@H]4[C@H]3O2)OS(=O)(=O)c1ccc(C)cc1.C=C(Br)C[C@@H](CC[C@@]12C[C@H]3O[C@H]4C(O1)[C@H]1O[C@@H](CC(=O)CC5C(C[C@H]6O[C@@H](CCCC)C[C@@H](C)C6=C)O[C@H](C[C@H](C)CO[Si](C)(C)C(C)(C)C)[C@@H]5C)CC[C@@H]1O[C@H]4[C@H]3O2)OS(=O)(=O)c1ccc(C)cc1. The van der Waals surface area contributed by atoms with Crippen molar-refractivity contribution in [2.75, 3.05) is 13.2 Å². The minimum absolute atomic E-state index is 0.00569. The fourth-order valence-electron chi connectivity index (χ4n) is 24.2. The summed E-state index contributed by atoms with van der Waals surface area (Å²) in [5, 5.41) is 0.254. The number of ether oxygens (including phenoxy) is 14. The van der Waals surface area contributed by atoms with E-state index in [-0.39, 0.29) is 202 Å². The van der Waals surface area contributed by atoms with E-state index < -0.39 is 91.2 Å². The van der Waals surface area contributed by atoms with Gasteiger partial charge in [0.1, 0.15) is 78.9 Å². The lowest BCUT2D eigenvalue weighted by atomic mass is 9.78. The highest BCUT2D eigenvalue weighted by Gasteiger charge is 2.71. The second-order valence-corrected chi connectivity index (χ2v) is 62.7. The summed E-state index contributed by atoms with van der Waals surface area (Å²) in [4.78, 5) is 40.5. The molecule has 0 aromatic heterocycles. The molecule has 25 nitrogen and oxygen atoms in total. The Morgan fingerprint density at radius 3 is 1.24 bits per heavy atom. The van der Waals surface area contributed by atoms with Crippen molar-refractivity contribution in [1.29, 1.82) is 0 Å². The highest BCUT2D eigenvalue weighted by Crippen LogP contribution is 2.58. The van der Waals surface area contributed by atoms with Crippen LogP contribution in [0, 0.1) is 61.2 Å². The zero-order valence-corrected chi connectivity index (χ0v) is 93.7. The molecule has 140 heavy (non-hydrogen) atoms. The molecule has 0 spiro atoms. The molecule has 2 aromatic carbocycles. The van der Waals surface area contributed by atoms with Gasteiger partial charge in [0, 0.05) is 96.7 Å². The van der Waals surface area contributed by atoms with E-state index in [1.54, 1.807) is 48.5 Å². The molecule has 2 aromatic rings. The number of carbonyl (C=O) groups excluding carboxylic acids is 3. The number of fused-ring (bicyclic) bond motifs is 2. The first-order valence-electron chi connectivity index (χ1n) is 52.9. The molecule has 16 aliphatic heterocycles. The van der Waals surface area contributed by atoms with Gasteiger partial charge >= 0.3 is 0 Å². The fraction of sp³-hybridized carbons (Fsp3) is 0.789. The van der Waals surface area contributed by atoms with Gasteiger partial charge in [0.2, 0.25) is 0 Å². The van der Waals surface area contributed by atoms with Crippen molar-refractivity contribution in [3.63, 3.8) is 0 Å². The number of rotatable bonds is 44. The predicted molar refractivity (Wildman–Crippen MR) is 547 cm³/mol. The Kier molecular flexibility index (Phi) is 36.2. The molecule has 0 radical (unpaired) electrons. The summed E-state index contributed by atoms with van der Waals surface area (Å²) in [5.74, 6) is -0.276. The van der Waals surface area contributed by atoms with Crippen molar-refractivity contribution in [2.24, 2.45) is 47.3 Å². The fourth-order valence-corrected chi connectivity index (χ4v) is 29.4. The van der Waals surface area contributed by atoms with E-state index in [2.05, 4.69) is 174 Å². The van der Waals surface area contributed by atoms with Gasteiger partial charge in [-0.15, -0.1) is 0 Å². The van der Waals surface area contributed by atoms with Crippen LogP contribution in [-0.4, -0.2) is 235 Å². The third kappa shape index (κ3) is 26.1. The van der Waals surface area contributed by atoms with Gasteiger partial charge in [-0.2, -0.15) is 16.8 Å². The average molecular weight is 2160 g/mol. The highest BCUT2D eigenvalue weighted by atomic mass is 79.9. The summed E-state index contributed by atoms with van der Waals surface area (Å²) in [7, 11) is -12.0. The van der Waals surface area contributed by atoms with Crippen molar-refractivity contribution in [3.8, 4) is 0 Å². The van der Waals surface area contributed by atoms with Gasteiger partial charge in [-0.25, -0.2) is 0 Å². The molecular formula is C109H166Br2O25S2Si2. The maximum atomic E-state index is 14.5. The Morgan fingerprint density at radius 1 is 0.493 bits per heavy atom. The Morgan fingerprint density at radius 2 is 0.864 bits per heavy atom. The Balaban J connectivity index is 0.000000212. The third-order valence-corrected chi connectivity index (χ3v) is 47.0. The van der Waals surface area contributed by atoms with E-state index in [0.717, 1.165) is 79.9 Å². The van der Waals surface area contributed by atoms with Gasteiger partial charge in [0.25, 0.3) is 20.2 Å². The van der Waals surface area contributed by atoms with E-state index in [0.29, 0.717) is 137 Å². The summed E-state index contributed by atoms with van der Waals surface area (Å²) in [6, 6.07) is 13.3. The van der Waals surface area contributed by atoms with Crippen LogP contribution in [0.2, 0.25) is 36.3 Å². The first-order valence-corrected chi connectivity index (χ1v) is 63.2. The van der Waals surface area contributed by atoms with E-state index in [1.807, 2.05) is 13.8 Å². The number of aldehydes is 1. The summed E-state index contributed by atoms with van der Waals surface area (Å²) in [6.07, 6.45) is 9.91. The molecule has 36 atom stereocenters. The lowest BCUT2D eigenvalue weighted by molar-refractivity contribution is -0.292. The van der Waals surface area contributed by atoms with Crippen molar-refractivity contribution in [2.45, 2.75) is 494 Å². The second-order valence-electron chi connectivity index (χ2n) is 47.7. The first-order chi connectivity index (χ1) is 65.9. The number of aryl methyl sites for hydroxylation is 2. The Labute approximate surface area is 855 Å². The second kappa shape index (κ2) is 45.6. The molecule has 31 heteroatoms. The molecule has 12 bridgehead atoms. The topological polar surface area (TPSA) is 286 Å². The number of hydrogen-bond donors (Lipinski definition) is 0. The molecule has 16 heterocycles. The third-order valence-electron chi connectivity index (χ3n) is 34.6. The van der Waals surface area contributed by atoms with Crippen LogP contribution < -0.4 is 0 Å². The van der Waals surface area contributed by atoms with E-state index >= 15 is 0 Å². The minimum Gasteiger partial charge on any atom is -0.417 e. The highest BCUT2D eigenvalue weighted by molar-refractivity contribution is 9.12. The number of ketones is 2. The molecule has 786 valence electrons. The standard InChI is InChI=1S/C55H85BrO12SSi.C54H81BrO13SSi/c1-13-14-15-39-25-34(4)36(6)46(61-39)29-47-43(37(7)45(63-47)24-33(3)31-60-70(11,12)54(8,9)10)28-38(57)27-40-18-21-44-49(62-40)53-52-51(64-44)50-48(65-52)30-55(66-50,67-53)23-22-41(26-35(5)56)68-69(58,59)42-19-16-32(2)17-20-42;1-31-14-17-41(18-15-31)69(58,59)68-40(25-34(4)55)20-21-54-29-47-49(66-54)50-51(65-47)52(67-54)48-43(64-50)19-16-39(62-48)26-37(57)27-42-36(6)44(23-32(2)30-60-70(10,11)53(7,8)9)63-46(42)28-45-35(5)33(3)24-38(61-45)13-12-22-56/h16-17,19-20,33-34,37,39-41,43-53H,5-6,13-15,18,21-31H2,1-4,7-12H3;14-15,17-18,22,32-33,36,38-40,42-52H,4-5,12-13,16,19-21,23-30H2,1-3,6-11H3/t33-,34+,37+,39-,40+,41+,43?,44-,45+,46+,47?,48+,49-,50-,51-,52+,53?,55-;32-,33+,36+,38-,39+,40+,42?,43-,44+,45+,46?,47+,48-,49-,50-,51+,52?,54-/m00/s1. The molecule has 18 rings (SSSR count). The number of unbranched alkanes of at least 4 members (excludes halogenated alkanes) is 1. The molecule has 6 unspecified atom stereocenters. The molecular weight excluding hydrogens is 1990 g/mol. The summed E-state index contributed by atoms with van der Waals surface area (Å²) < 4.78 is 176. The molecule has 0 amide bonds. The summed E-state index contributed by atoms with van der Waals surface area (Å²) in [5.41, 5.74) is 4.10. The number of hydrogen-bond acceptors (Lipinski definition) is 25. The summed E-state index contributed by atoms with van der Waals surface area (Å²) in [6.45, 7) is 60.7. The summed E-state index contributed by atoms with van der Waals surface area (Å²) >= 11 is 6.88. The smallest absolute Gasteiger partial charge is 0.297 e. The zero-order valence-electron chi connectivity index (χ0n) is 86.9. The van der Waals surface area contributed by atoms with Gasteiger partial charge in [-0.3, -0.25) is 18.0 Å². The van der Waals surface area contributed by atoms with Crippen LogP contribution in [0.1, 0.15) is 274 Å². The van der Waals surface area contributed by atoms with Crippen LogP contribution in [0.15, 0.2) is 105 Å². The Hall–Kier alpha value is -3.02. The Bertz CT molecular complexity index is 4860.